The topological polar surface area (TPSA) is 68.9 Å². The van der Waals surface area contributed by atoms with Crippen LogP contribution in [-0.2, 0) is 9.47 Å². The maximum atomic E-state index is 6.10. The molecule has 1 heterocycles. The van der Waals surface area contributed by atoms with E-state index in [4.69, 9.17) is 15.2 Å². The fourth-order valence-corrected chi connectivity index (χ4v) is 3.58. The van der Waals surface area contributed by atoms with Crippen LogP contribution in [0, 0.1) is 0 Å². The third kappa shape index (κ3) is 4.69. The van der Waals surface area contributed by atoms with Crippen LogP contribution in [0.5, 0.6) is 0 Å². The zero-order valence-electron chi connectivity index (χ0n) is 12.7. The fraction of sp³-hybridized carbons (Fsp3) is 0.933. The van der Waals surface area contributed by atoms with Gasteiger partial charge < -0.3 is 20.5 Å². The van der Waals surface area contributed by atoms with Gasteiger partial charge in [-0.05, 0) is 25.7 Å². The summed E-state index contributed by atoms with van der Waals surface area (Å²) in [4.78, 5) is 4.43. The van der Waals surface area contributed by atoms with Gasteiger partial charge in [0.2, 0.25) is 0 Å². The second-order valence-electron chi connectivity index (χ2n) is 6.37. The van der Waals surface area contributed by atoms with E-state index in [0.717, 1.165) is 12.8 Å². The van der Waals surface area contributed by atoms with Crippen molar-refractivity contribution in [3.8, 4) is 0 Å². The molecule has 3 fully saturated rings. The number of aliphatic imine (C=N–C) groups is 1. The summed E-state index contributed by atoms with van der Waals surface area (Å²) >= 11 is 0. The zero-order chi connectivity index (χ0) is 13.8. The number of hydrogen-bond acceptors (Lipinski definition) is 3. The third-order valence-electron chi connectivity index (χ3n) is 4.70. The van der Waals surface area contributed by atoms with E-state index >= 15 is 0 Å². The molecule has 0 aromatic carbocycles. The number of nitrogens with zero attached hydrogens (tertiary/aromatic N) is 1. The first-order valence-corrected chi connectivity index (χ1v) is 8.14. The van der Waals surface area contributed by atoms with E-state index in [0.29, 0.717) is 25.2 Å². The van der Waals surface area contributed by atoms with E-state index in [9.17, 15) is 0 Å². The van der Waals surface area contributed by atoms with Crippen LogP contribution in [0.25, 0.3) is 0 Å². The largest absolute Gasteiger partial charge is 0.370 e. The molecule has 1 unspecified atom stereocenters. The zero-order valence-corrected chi connectivity index (χ0v) is 15.0. The maximum Gasteiger partial charge on any atom is 0.188 e. The lowest BCUT2D eigenvalue weighted by molar-refractivity contribution is -0.186. The van der Waals surface area contributed by atoms with Crippen molar-refractivity contribution in [3.63, 3.8) is 0 Å². The smallest absolute Gasteiger partial charge is 0.188 e. The molecule has 0 amide bonds. The standard InChI is InChI=1S/C15H27N3O2.HI/c16-14(18-12-6-2-3-7-12)17-10-13-11-19-15(20-13)8-4-1-5-9-15;/h12-13H,1-11H2,(H3,16,17,18);1H. The second kappa shape index (κ2) is 7.97. The summed E-state index contributed by atoms with van der Waals surface area (Å²) in [6.45, 7) is 1.26. The lowest BCUT2D eigenvalue weighted by atomic mass is 9.94. The van der Waals surface area contributed by atoms with Crippen molar-refractivity contribution < 1.29 is 9.47 Å². The van der Waals surface area contributed by atoms with E-state index in [1.807, 2.05) is 0 Å². The molecule has 0 radical (unpaired) electrons. The van der Waals surface area contributed by atoms with Crippen LogP contribution in [0.3, 0.4) is 0 Å². The number of hydrogen-bond donors (Lipinski definition) is 2. The number of nitrogens with two attached hydrogens (primary N) is 1. The minimum Gasteiger partial charge on any atom is -0.370 e. The highest BCUT2D eigenvalue weighted by Crippen LogP contribution is 2.37. The monoisotopic (exact) mass is 409 g/mol. The molecule has 0 bridgehead atoms. The fourth-order valence-electron chi connectivity index (χ4n) is 3.58. The van der Waals surface area contributed by atoms with E-state index in [1.165, 1.54) is 44.9 Å². The summed E-state index contributed by atoms with van der Waals surface area (Å²) in [7, 11) is 0. The molecule has 2 saturated carbocycles. The minimum atomic E-state index is -0.300. The molecule has 1 saturated heterocycles. The molecule has 0 aromatic heterocycles. The minimum absolute atomic E-state index is 0. The number of halogens is 1. The van der Waals surface area contributed by atoms with Crippen molar-refractivity contribution in [3.05, 3.63) is 0 Å². The Labute approximate surface area is 144 Å². The van der Waals surface area contributed by atoms with Crippen molar-refractivity contribution in [2.45, 2.75) is 75.7 Å². The van der Waals surface area contributed by atoms with Crippen LogP contribution in [0.4, 0.5) is 0 Å². The molecule has 3 rings (SSSR count). The van der Waals surface area contributed by atoms with Gasteiger partial charge in [-0.3, -0.25) is 4.99 Å². The molecule has 3 aliphatic rings. The molecule has 1 aliphatic heterocycles. The Kier molecular flexibility index (Phi) is 6.55. The third-order valence-corrected chi connectivity index (χ3v) is 4.70. The van der Waals surface area contributed by atoms with Gasteiger partial charge in [0.05, 0.1) is 13.2 Å². The average Bonchev–Trinajstić information content (AvgIpc) is 3.08. The van der Waals surface area contributed by atoms with Crippen LogP contribution >= 0.6 is 24.0 Å². The van der Waals surface area contributed by atoms with Crippen LogP contribution in [0.2, 0.25) is 0 Å². The van der Waals surface area contributed by atoms with Gasteiger partial charge in [-0.2, -0.15) is 0 Å². The first-order valence-electron chi connectivity index (χ1n) is 8.14. The molecular weight excluding hydrogens is 381 g/mol. The molecule has 0 aromatic rings. The molecule has 1 spiro atoms. The molecule has 6 heteroatoms. The summed E-state index contributed by atoms with van der Waals surface area (Å²) in [5.41, 5.74) is 5.94. The second-order valence-corrected chi connectivity index (χ2v) is 6.37. The van der Waals surface area contributed by atoms with Gasteiger partial charge >= 0.3 is 0 Å². The predicted octanol–water partition coefficient (Wildman–Crippen LogP) is 2.53. The van der Waals surface area contributed by atoms with E-state index in [2.05, 4.69) is 10.3 Å². The van der Waals surface area contributed by atoms with Crippen molar-refractivity contribution in [2.24, 2.45) is 10.7 Å². The highest BCUT2D eigenvalue weighted by atomic mass is 127. The Morgan fingerprint density at radius 2 is 1.86 bits per heavy atom. The quantitative estimate of drug-likeness (QED) is 0.427. The Morgan fingerprint density at radius 3 is 2.57 bits per heavy atom. The van der Waals surface area contributed by atoms with E-state index in [-0.39, 0.29) is 35.9 Å². The van der Waals surface area contributed by atoms with Gasteiger partial charge in [-0.25, -0.2) is 0 Å². The van der Waals surface area contributed by atoms with Gasteiger partial charge in [-0.15, -0.1) is 24.0 Å². The first kappa shape index (κ1) is 17.3. The van der Waals surface area contributed by atoms with Crippen LogP contribution in [-0.4, -0.2) is 37.0 Å². The highest BCUT2D eigenvalue weighted by Gasteiger charge is 2.42. The average molecular weight is 409 g/mol. The summed E-state index contributed by atoms with van der Waals surface area (Å²) in [6, 6.07) is 0.518. The SMILES string of the molecule is I.NC(=NCC1COC2(CCCCC2)O1)NC1CCCC1. The van der Waals surface area contributed by atoms with Crippen LogP contribution in [0.1, 0.15) is 57.8 Å². The summed E-state index contributed by atoms with van der Waals surface area (Å²) < 4.78 is 12.0. The molecule has 122 valence electrons. The summed E-state index contributed by atoms with van der Waals surface area (Å²) in [6.07, 6.45) is 10.9. The number of ether oxygens (including phenoxy) is 2. The predicted molar refractivity (Wildman–Crippen MR) is 93.9 cm³/mol. The number of guanidine groups is 1. The Bertz CT molecular complexity index is 353. The van der Waals surface area contributed by atoms with Crippen LogP contribution < -0.4 is 11.1 Å². The Morgan fingerprint density at radius 1 is 1.14 bits per heavy atom. The normalized spacial score (nSPS) is 29.5. The van der Waals surface area contributed by atoms with Crippen molar-refractivity contribution in [2.75, 3.05) is 13.2 Å². The molecule has 3 N–H and O–H groups in total. The van der Waals surface area contributed by atoms with Crippen molar-refractivity contribution in [1.29, 1.82) is 0 Å². The molecule has 5 nitrogen and oxygen atoms in total. The number of nitrogens with one attached hydrogen (secondary N) is 1. The van der Waals surface area contributed by atoms with Crippen molar-refractivity contribution in [1.82, 2.24) is 5.32 Å². The number of rotatable bonds is 3. The lowest BCUT2D eigenvalue weighted by Crippen LogP contribution is -2.39. The molecular formula is C15H28IN3O2. The first-order chi connectivity index (χ1) is 9.76. The Balaban J connectivity index is 0.00000161. The van der Waals surface area contributed by atoms with Gasteiger partial charge in [0.25, 0.3) is 0 Å². The molecule has 1 atom stereocenters. The Hall–Kier alpha value is -0.0800. The maximum absolute atomic E-state index is 6.10. The van der Waals surface area contributed by atoms with Gasteiger partial charge in [-0.1, -0.05) is 19.3 Å². The van der Waals surface area contributed by atoms with Crippen LogP contribution in [0.15, 0.2) is 4.99 Å². The highest BCUT2D eigenvalue weighted by molar-refractivity contribution is 14.0. The van der Waals surface area contributed by atoms with Gasteiger partial charge in [0.15, 0.2) is 11.7 Å². The lowest BCUT2D eigenvalue weighted by Gasteiger charge is -2.31. The summed E-state index contributed by atoms with van der Waals surface area (Å²) in [5.74, 6) is 0.261. The molecule has 21 heavy (non-hydrogen) atoms. The summed E-state index contributed by atoms with van der Waals surface area (Å²) in [5, 5.41) is 3.31. The molecule has 2 aliphatic carbocycles. The van der Waals surface area contributed by atoms with Gasteiger partial charge in [0, 0.05) is 18.9 Å². The van der Waals surface area contributed by atoms with Gasteiger partial charge in [0.1, 0.15) is 6.10 Å². The van der Waals surface area contributed by atoms with Crippen molar-refractivity contribution >= 4 is 29.9 Å². The van der Waals surface area contributed by atoms with E-state index < -0.39 is 0 Å². The van der Waals surface area contributed by atoms with E-state index in [1.54, 1.807) is 0 Å².